The SMILES string of the molecule is CCCN(CCC)C(=O)c1cccc(C(N)=O)c1N.Cl. The van der Waals surface area contributed by atoms with E-state index < -0.39 is 5.91 Å². The third kappa shape index (κ3) is 4.13. The fourth-order valence-electron chi connectivity index (χ4n) is 1.99. The van der Waals surface area contributed by atoms with Crippen molar-refractivity contribution in [2.45, 2.75) is 26.7 Å². The van der Waals surface area contributed by atoms with Crippen LogP contribution >= 0.6 is 12.4 Å². The molecule has 0 aliphatic heterocycles. The number of nitrogens with two attached hydrogens (primary N) is 2. The number of benzene rings is 1. The first-order valence-electron chi connectivity index (χ1n) is 6.50. The molecule has 0 saturated carbocycles. The molecule has 4 N–H and O–H groups in total. The molecular weight excluding hydrogens is 278 g/mol. The summed E-state index contributed by atoms with van der Waals surface area (Å²) in [6.45, 7) is 5.37. The molecule has 0 spiro atoms. The number of nitrogens with zero attached hydrogens (tertiary/aromatic N) is 1. The maximum absolute atomic E-state index is 12.4. The van der Waals surface area contributed by atoms with E-state index in [1.165, 1.54) is 6.07 Å². The molecule has 5 nitrogen and oxygen atoms in total. The lowest BCUT2D eigenvalue weighted by atomic mass is 10.1. The van der Waals surface area contributed by atoms with Crippen LogP contribution in [-0.4, -0.2) is 29.8 Å². The Bertz CT molecular complexity index is 471. The van der Waals surface area contributed by atoms with E-state index in [2.05, 4.69) is 0 Å². The number of hydrogen-bond acceptors (Lipinski definition) is 3. The highest BCUT2D eigenvalue weighted by Gasteiger charge is 2.19. The number of carbonyl (C=O) groups is 2. The molecule has 0 aliphatic rings. The van der Waals surface area contributed by atoms with Crippen molar-refractivity contribution in [1.82, 2.24) is 4.90 Å². The van der Waals surface area contributed by atoms with Gasteiger partial charge in [-0.25, -0.2) is 0 Å². The lowest BCUT2D eigenvalue weighted by molar-refractivity contribution is 0.0756. The molecule has 0 radical (unpaired) electrons. The van der Waals surface area contributed by atoms with Gasteiger partial charge in [-0.05, 0) is 25.0 Å². The van der Waals surface area contributed by atoms with Crippen molar-refractivity contribution in [1.29, 1.82) is 0 Å². The summed E-state index contributed by atoms with van der Waals surface area (Å²) < 4.78 is 0. The summed E-state index contributed by atoms with van der Waals surface area (Å²) in [4.78, 5) is 25.4. The molecule has 0 fully saturated rings. The standard InChI is InChI=1S/C14H21N3O2.ClH/c1-3-8-17(9-4-2)14(19)11-7-5-6-10(12(11)15)13(16)18;/h5-7H,3-4,8-9,15H2,1-2H3,(H2,16,18);1H. The number of amides is 2. The molecule has 0 aliphatic carbocycles. The van der Waals surface area contributed by atoms with Gasteiger partial charge in [0.2, 0.25) is 0 Å². The van der Waals surface area contributed by atoms with Crippen molar-refractivity contribution in [3.05, 3.63) is 29.3 Å². The molecule has 0 heterocycles. The number of anilines is 1. The first-order chi connectivity index (χ1) is 9.02. The van der Waals surface area contributed by atoms with Gasteiger partial charge in [-0.2, -0.15) is 0 Å². The van der Waals surface area contributed by atoms with Gasteiger partial charge in [0, 0.05) is 13.1 Å². The lowest BCUT2D eigenvalue weighted by Gasteiger charge is -2.22. The molecule has 6 heteroatoms. The average molecular weight is 300 g/mol. The summed E-state index contributed by atoms with van der Waals surface area (Å²) in [5.74, 6) is -0.769. The van der Waals surface area contributed by atoms with Crippen molar-refractivity contribution >= 4 is 29.9 Å². The largest absolute Gasteiger partial charge is 0.397 e. The van der Waals surface area contributed by atoms with E-state index >= 15 is 0 Å². The molecule has 2 amide bonds. The number of rotatable bonds is 6. The van der Waals surface area contributed by atoms with E-state index in [1.54, 1.807) is 17.0 Å². The summed E-state index contributed by atoms with van der Waals surface area (Å²) in [5, 5.41) is 0. The maximum Gasteiger partial charge on any atom is 0.255 e. The van der Waals surface area contributed by atoms with Gasteiger partial charge in [0.25, 0.3) is 11.8 Å². The molecule has 1 rings (SSSR count). The van der Waals surface area contributed by atoms with Crippen molar-refractivity contribution in [2.24, 2.45) is 5.73 Å². The van der Waals surface area contributed by atoms with Crippen LogP contribution in [0.25, 0.3) is 0 Å². The minimum atomic E-state index is -0.621. The van der Waals surface area contributed by atoms with Gasteiger partial charge >= 0.3 is 0 Å². The highest BCUT2D eigenvalue weighted by atomic mass is 35.5. The van der Waals surface area contributed by atoms with Crippen LogP contribution < -0.4 is 11.5 Å². The van der Waals surface area contributed by atoms with Gasteiger partial charge in [-0.15, -0.1) is 12.4 Å². The molecule has 0 atom stereocenters. The zero-order valence-corrected chi connectivity index (χ0v) is 12.7. The lowest BCUT2D eigenvalue weighted by Crippen LogP contribution is -2.33. The van der Waals surface area contributed by atoms with E-state index in [0.717, 1.165) is 12.8 Å². The van der Waals surface area contributed by atoms with Crippen molar-refractivity contribution < 1.29 is 9.59 Å². The normalized spacial score (nSPS) is 9.70. The number of carbonyl (C=O) groups excluding carboxylic acids is 2. The quantitative estimate of drug-likeness (QED) is 0.788. The summed E-state index contributed by atoms with van der Waals surface area (Å²) in [5.41, 5.74) is 11.8. The number of nitrogen functional groups attached to an aromatic ring is 1. The summed E-state index contributed by atoms with van der Waals surface area (Å²) in [6.07, 6.45) is 1.75. The van der Waals surface area contributed by atoms with Gasteiger partial charge in [0.05, 0.1) is 16.8 Å². The van der Waals surface area contributed by atoms with Crippen LogP contribution in [0.3, 0.4) is 0 Å². The van der Waals surface area contributed by atoms with E-state index in [-0.39, 0.29) is 29.6 Å². The van der Waals surface area contributed by atoms with Crippen LogP contribution in [0, 0.1) is 0 Å². The molecule has 0 aromatic heterocycles. The monoisotopic (exact) mass is 299 g/mol. The molecule has 20 heavy (non-hydrogen) atoms. The number of para-hydroxylation sites is 1. The van der Waals surface area contributed by atoms with Crippen molar-refractivity contribution in [3.8, 4) is 0 Å². The van der Waals surface area contributed by atoms with E-state index in [0.29, 0.717) is 18.7 Å². The van der Waals surface area contributed by atoms with Crippen LogP contribution in [0.5, 0.6) is 0 Å². The highest BCUT2D eigenvalue weighted by Crippen LogP contribution is 2.19. The van der Waals surface area contributed by atoms with Crippen molar-refractivity contribution in [2.75, 3.05) is 18.8 Å². The number of halogens is 1. The summed E-state index contributed by atoms with van der Waals surface area (Å²) in [6, 6.07) is 4.78. The minimum absolute atomic E-state index is 0. The van der Waals surface area contributed by atoms with Gasteiger partial charge in [-0.1, -0.05) is 19.9 Å². The molecule has 1 aromatic rings. The van der Waals surface area contributed by atoms with E-state index in [1.807, 2.05) is 13.8 Å². The predicted octanol–water partition coefficient (Wildman–Crippen LogP) is 2.05. The summed E-state index contributed by atoms with van der Waals surface area (Å²) >= 11 is 0. The number of primary amides is 1. The third-order valence-corrected chi connectivity index (χ3v) is 2.88. The Morgan fingerprint density at radius 1 is 1.10 bits per heavy atom. The predicted molar refractivity (Wildman–Crippen MR) is 83.1 cm³/mol. The second-order valence-corrected chi connectivity index (χ2v) is 4.42. The first-order valence-corrected chi connectivity index (χ1v) is 6.50. The van der Waals surface area contributed by atoms with Gasteiger partial charge in [0.15, 0.2) is 0 Å². The van der Waals surface area contributed by atoms with Crippen LogP contribution in [0.15, 0.2) is 18.2 Å². The Balaban J connectivity index is 0.00000361. The smallest absolute Gasteiger partial charge is 0.255 e. The second kappa shape index (κ2) is 8.43. The highest BCUT2D eigenvalue weighted by molar-refractivity contribution is 6.06. The third-order valence-electron chi connectivity index (χ3n) is 2.88. The van der Waals surface area contributed by atoms with Crippen LogP contribution in [-0.2, 0) is 0 Å². The molecule has 0 unspecified atom stereocenters. The number of hydrogen-bond donors (Lipinski definition) is 2. The maximum atomic E-state index is 12.4. The minimum Gasteiger partial charge on any atom is -0.397 e. The topological polar surface area (TPSA) is 89.4 Å². The van der Waals surface area contributed by atoms with Crippen LogP contribution in [0.2, 0.25) is 0 Å². The Hall–Kier alpha value is -1.75. The Morgan fingerprint density at radius 2 is 1.60 bits per heavy atom. The summed E-state index contributed by atoms with van der Waals surface area (Å²) in [7, 11) is 0. The van der Waals surface area contributed by atoms with Crippen LogP contribution in [0.1, 0.15) is 47.4 Å². The molecular formula is C14H22ClN3O2. The fraction of sp³-hybridized carbons (Fsp3) is 0.429. The van der Waals surface area contributed by atoms with Crippen LogP contribution in [0.4, 0.5) is 5.69 Å². The molecule has 0 saturated heterocycles. The second-order valence-electron chi connectivity index (χ2n) is 4.42. The molecule has 1 aromatic carbocycles. The van der Waals surface area contributed by atoms with Gasteiger partial charge < -0.3 is 16.4 Å². The Labute approximate surface area is 125 Å². The van der Waals surface area contributed by atoms with Crippen molar-refractivity contribution in [3.63, 3.8) is 0 Å². The Morgan fingerprint density at radius 3 is 2.05 bits per heavy atom. The zero-order chi connectivity index (χ0) is 14.4. The average Bonchev–Trinajstić information content (AvgIpc) is 2.37. The van der Waals surface area contributed by atoms with Gasteiger partial charge in [-0.3, -0.25) is 9.59 Å². The molecule has 112 valence electrons. The Kier molecular flexibility index (Phi) is 7.69. The molecule has 0 bridgehead atoms. The van der Waals surface area contributed by atoms with E-state index in [9.17, 15) is 9.59 Å². The van der Waals surface area contributed by atoms with Gasteiger partial charge in [0.1, 0.15) is 0 Å². The van der Waals surface area contributed by atoms with E-state index in [4.69, 9.17) is 11.5 Å². The fourth-order valence-corrected chi connectivity index (χ4v) is 1.99. The zero-order valence-electron chi connectivity index (χ0n) is 11.9. The first kappa shape index (κ1) is 18.2.